The first-order valence-electron chi connectivity index (χ1n) is 8.65. The van der Waals surface area contributed by atoms with E-state index in [0.29, 0.717) is 32.5 Å². The average molecular weight is 387 g/mol. The van der Waals surface area contributed by atoms with Crippen molar-refractivity contribution < 1.29 is 22.0 Å². The van der Waals surface area contributed by atoms with Gasteiger partial charge in [0, 0.05) is 39.8 Å². The third kappa shape index (κ3) is 3.47. The zero-order valence-corrected chi connectivity index (χ0v) is 15.7. The van der Waals surface area contributed by atoms with Gasteiger partial charge >= 0.3 is 0 Å². The molecule has 0 aliphatic carbocycles. The average Bonchev–Trinajstić information content (AvgIpc) is 2.62. The predicted octanol–water partition coefficient (Wildman–Crippen LogP) is 1.70. The van der Waals surface area contributed by atoms with Gasteiger partial charge in [0.1, 0.15) is 11.6 Å². The summed E-state index contributed by atoms with van der Waals surface area (Å²) in [4.78, 5) is 14.4. The van der Waals surface area contributed by atoms with Crippen LogP contribution in [0.5, 0.6) is 0 Å². The third-order valence-corrected chi connectivity index (χ3v) is 7.15. The maximum Gasteiger partial charge on any atom is 0.281 e. The largest absolute Gasteiger partial charge is 0.335 e. The first-order valence-corrected chi connectivity index (χ1v) is 10.0. The number of carbonyl (C=O) groups is 1. The standard InChI is InChI=1S/C17H23F2N3O3S/c1-20(2)26(24,25)21-9-7-16-12(11-21)4-3-8-22(16)17(23)14-10-13(18)5-6-15(14)19/h5-6,10,12,16H,3-4,7-9,11H2,1-2H3/t12-,16+/m1/s1. The van der Waals surface area contributed by atoms with Crippen LogP contribution in [0.25, 0.3) is 0 Å². The van der Waals surface area contributed by atoms with Gasteiger partial charge in [-0.15, -0.1) is 0 Å². The molecule has 0 aromatic heterocycles. The van der Waals surface area contributed by atoms with E-state index in [4.69, 9.17) is 0 Å². The van der Waals surface area contributed by atoms with E-state index < -0.39 is 27.8 Å². The lowest BCUT2D eigenvalue weighted by Crippen LogP contribution is -2.57. The number of rotatable bonds is 3. The van der Waals surface area contributed by atoms with Crippen LogP contribution in [0, 0.1) is 17.6 Å². The van der Waals surface area contributed by atoms with E-state index in [1.165, 1.54) is 22.7 Å². The van der Waals surface area contributed by atoms with Gasteiger partial charge in [0.25, 0.3) is 16.1 Å². The van der Waals surface area contributed by atoms with E-state index in [9.17, 15) is 22.0 Å². The van der Waals surface area contributed by atoms with Crippen molar-refractivity contribution in [3.8, 4) is 0 Å². The Kier molecular flexibility index (Phi) is 5.32. The van der Waals surface area contributed by atoms with Gasteiger partial charge in [-0.2, -0.15) is 17.0 Å². The van der Waals surface area contributed by atoms with Crippen molar-refractivity contribution in [3.63, 3.8) is 0 Å². The van der Waals surface area contributed by atoms with Gasteiger partial charge in [-0.25, -0.2) is 8.78 Å². The molecular formula is C17H23F2N3O3S. The number of hydrogen-bond donors (Lipinski definition) is 0. The highest BCUT2D eigenvalue weighted by Gasteiger charge is 2.42. The first kappa shape index (κ1) is 19.2. The molecule has 0 unspecified atom stereocenters. The molecule has 9 heteroatoms. The number of amides is 1. The van der Waals surface area contributed by atoms with E-state index >= 15 is 0 Å². The maximum atomic E-state index is 14.0. The second-order valence-electron chi connectivity index (χ2n) is 7.03. The molecule has 6 nitrogen and oxygen atoms in total. The van der Waals surface area contributed by atoms with Crippen LogP contribution in [0.3, 0.4) is 0 Å². The summed E-state index contributed by atoms with van der Waals surface area (Å²) < 4.78 is 54.8. The van der Waals surface area contributed by atoms with Gasteiger partial charge in [-0.3, -0.25) is 4.79 Å². The summed E-state index contributed by atoms with van der Waals surface area (Å²) in [6, 6.07) is 2.70. The molecule has 2 aliphatic heterocycles. The Bertz CT molecular complexity index is 800. The molecule has 2 atom stereocenters. The number of likely N-dealkylation sites (tertiary alicyclic amines) is 1. The van der Waals surface area contributed by atoms with E-state index in [0.717, 1.165) is 24.6 Å². The molecule has 144 valence electrons. The van der Waals surface area contributed by atoms with Gasteiger partial charge < -0.3 is 4.90 Å². The highest BCUT2D eigenvalue weighted by Crippen LogP contribution is 2.33. The minimum Gasteiger partial charge on any atom is -0.335 e. The Morgan fingerprint density at radius 1 is 1.19 bits per heavy atom. The number of nitrogens with zero attached hydrogens (tertiary/aromatic N) is 3. The van der Waals surface area contributed by atoms with Crippen molar-refractivity contribution in [2.45, 2.75) is 25.3 Å². The summed E-state index contributed by atoms with van der Waals surface area (Å²) in [5.74, 6) is -1.94. The predicted molar refractivity (Wildman–Crippen MR) is 92.7 cm³/mol. The highest BCUT2D eigenvalue weighted by molar-refractivity contribution is 7.86. The first-order chi connectivity index (χ1) is 12.2. The topological polar surface area (TPSA) is 60.9 Å². The van der Waals surface area contributed by atoms with Crippen molar-refractivity contribution >= 4 is 16.1 Å². The lowest BCUT2D eigenvalue weighted by atomic mass is 9.84. The number of piperidine rings is 2. The van der Waals surface area contributed by atoms with Gasteiger partial charge in [0.05, 0.1) is 5.56 Å². The Morgan fingerprint density at radius 2 is 1.92 bits per heavy atom. The second-order valence-corrected chi connectivity index (χ2v) is 9.17. The monoisotopic (exact) mass is 387 g/mol. The number of halogens is 2. The molecule has 1 amide bonds. The molecule has 2 fully saturated rings. The van der Waals surface area contributed by atoms with E-state index in [-0.39, 0.29) is 17.5 Å². The van der Waals surface area contributed by atoms with Gasteiger partial charge in [-0.1, -0.05) is 0 Å². The molecule has 0 bridgehead atoms. The van der Waals surface area contributed by atoms with E-state index in [2.05, 4.69) is 0 Å². The molecule has 0 spiro atoms. The lowest BCUT2D eigenvalue weighted by molar-refractivity contribution is 0.0325. The van der Waals surface area contributed by atoms with Crippen molar-refractivity contribution in [1.82, 2.24) is 13.5 Å². The van der Waals surface area contributed by atoms with Crippen LogP contribution in [0.2, 0.25) is 0 Å². The molecule has 2 aliphatic rings. The molecule has 3 rings (SSSR count). The second kappa shape index (κ2) is 7.21. The molecule has 26 heavy (non-hydrogen) atoms. The fourth-order valence-electron chi connectivity index (χ4n) is 3.88. The molecule has 0 saturated carbocycles. The number of hydrogen-bond acceptors (Lipinski definition) is 3. The summed E-state index contributed by atoms with van der Waals surface area (Å²) >= 11 is 0. The van der Waals surface area contributed by atoms with E-state index in [1.54, 1.807) is 4.90 Å². The quantitative estimate of drug-likeness (QED) is 0.793. The van der Waals surface area contributed by atoms with Gasteiger partial charge in [0.2, 0.25) is 0 Å². The van der Waals surface area contributed by atoms with Gasteiger partial charge in [0.15, 0.2) is 0 Å². The molecule has 0 N–H and O–H groups in total. The van der Waals surface area contributed by atoms with Crippen LogP contribution >= 0.6 is 0 Å². The summed E-state index contributed by atoms with van der Waals surface area (Å²) in [7, 11) is -0.517. The third-order valence-electron chi connectivity index (χ3n) is 5.24. The fourth-order valence-corrected chi connectivity index (χ4v) is 5.06. The molecule has 0 radical (unpaired) electrons. The Hall–Kier alpha value is -1.58. The minimum atomic E-state index is -3.50. The molecule has 1 aromatic rings. The van der Waals surface area contributed by atoms with Crippen LogP contribution in [-0.2, 0) is 10.2 Å². The van der Waals surface area contributed by atoms with E-state index in [1.807, 2.05) is 0 Å². The number of benzene rings is 1. The van der Waals surface area contributed by atoms with Gasteiger partial charge in [-0.05, 0) is 43.4 Å². The summed E-state index contributed by atoms with van der Waals surface area (Å²) in [5.41, 5.74) is -0.269. The number of carbonyl (C=O) groups excluding carboxylic acids is 1. The van der Waals surface area contributed by atoms with Crippen LogP contribution in [-0.4, -0.2) is 67.6 Å². The minimum absolute atomic E-state index is 0.00667. The summed E-state index contributed by atoms with van der Waals surface area (Å²) in [6.45, 7) is 1.11. The Morgan fingerprint density at radius 3 is 2.62 bits per heavy atom. The Labute approximate surface area is 152 Å². The SMILES string of the molecule is CN(C)S(=O)(=O)N1CC[C@H]2[C@H](CCCN2C(=O)c2cc(F)ccc2F)C1. The zero-order chi connectivity index (χ0) is 19.1. The maximum absolute atomic E-state index is 14.0. The van der Waals surface area contributed by atoms with Crippen molar-refractivity contribution in [3.05, 3.63) is 35.4 Å². The smallest absolute Gasteiger partial charge is 0.281 e. The highest BCUT2D eigenvalue weighted by atomic mass is 32.2. The van der Waals surface area contributed by atoms with Crippen LogP contribution in [0.15, 0.2) is 18.2 Å². The molecule has 1 aromatic carbocycles. The van der Waals surface area contributed by atoms with Crippen molar-refractivity contribution in [2.24, 2.45) is 5.92 Å². The summed E-state index contributed by atoms with van der Waals surface area (Å²) in [5, 5.41) is 0. The number of fused-ring (bicyclic) bond motifs is 1. The van der Waals surface area contributed by atoms with Crippen LogP contribution in [0.4, 0.5) is 8.78 Å². The molecule has 2 heterocycles. The van der Waals surface area contributed by atoms with Crippen LogP contribution in [0.1, 0.15) is 29.6 Å². The molecular weight excluding hydrogens is 364 g/mol. The zero-order valence-electron chi connectivity index (χ0n) is 14.9. The summed E-state index contributed by atoms with van der Waals surface area (Å²) in [6.07, 6.45) is 2.00. The van der Waals surface area contributed by atoms with Crippen molar-refractivity contribution in [2.75, 3.05) is 33.7 Å². The Balaban J connectivity index is 1.80. The molecule has 2 saturated heterocycles. The fraction of sp³-hybridized carbons (Fsp3) is 0.588. The normalized spacial score (nSPS) is 24.6. The van der Waals surface area contributed by atoms with Crippen LogP contribution < -0.4 is 0 Å². The van der Waals surface area contributed by atoms with Crippen molar-refractivity contribution in [1.29, 1.82) is 0 Å². The lowest BCUT2D eigenvalue weighted by Gasteiger charge is -2.47.